The van der Waals surface area contributed by atoms with Crippen molar-refractivity contribution < 1.29 is 19.1 Å². The number of halogens is 1. The molecule has 0 rings (SSSR count). The Morgan fingerprint density at radius 1 is 1.55 bits per heavy atom. The largest absolute Gasteiger partial charge is 0.469 e. The number of methoxy groups -OCH3 is 1. The van der Waals surface area contributed by atoms with E-state index in [-0.39, 0.29) is 6.42 Å². The van der Waals surface area contributed by atoms with Crippen LogP contribution in [0.4, 0.5) is 4.79 Å². The highest BCUT2D eigenvalue weighted by Crippen LogP contribution is 2.01. The summed E-state index contributed by atoms with van der Waals surface area (Å²) in [6.45, 7) is 1.55. The van der Waals surface area contributed by atoms with Crippen LogP contribution in [0.25, 0.3) is 0 Å². The number of esters is 1. The van der Waals surface area contributed by atoms with Crippen LogP contribution in [0.5, 0.6) is 0 Å². The second-order valence-electron chi connectivity index (χ2n) is 1.95. The van der Waals surface area contributed by atoms with Gasteiger partial charge in [0, 0.05) is 11.6 Å². The summed E-state index contributed by atoms with van der Waals surface area (Å²) in [7, 11) is 1.26. The third-order valence-corrected chi connectivity index (χ3v) is 1.06. The lowest BCUT2D eigenvalue weighted by Gasteiger charge is -2.07. The van der Waals surface area contributed by atoms with Crippen LogP contribution in [-0.4, -0.2) is 24.6 Å². The zero-order chi connectivity index (χ0) is 8.85. The maximum atomic E-state index is 10.5. The Balaban J connectivity index is 3.60. The molecule has 0 spiro atoms. The molecule has 11 heavy (non-hydrogen) atoms. The van der Waals surface area contributed by atoms with E-state index in [1.54, 1.807) is 6.92 Å². The highest BCUT2D eigenvalue weighted by Gasteiger charge is 2.11. The maximum Gasteiger partial charge on any atom is 0.404 e. The predicted octanol–water partition coefficient (Wildman–Crippen LogP) is 1.31. The van der Waals surface area contributed by atoms with Crippen LogP contribution in [-0.2, 0) is 14.3 Å². The molecule has 0 saturated carbocycles. The Labute approximate surface area is 69.4 Å². The van der Waals surface area contributed by atoms with Gasteiger partial charge in [-0.05, 0) is 6.92 Å². The van der Waals surface area contributed by atoms with E-state index in [1.807, 2.05) is 0 Å². The van der Waals surface area contributed by atoms with E-state index in [4.69, 9.17) is 11.6 Å². The minimum atomic E-state index is -0.915. The van der Waals surface area contributed by atoms with Gasteiger partial charge in [-0.2, -0.15) is 0 Å². The molecule has 0 N–H and O–H groups in total. The molecule has 0 fully saturated rings. The van der Waals surface area contributed by atoms with E-state index in [0.717, 1.165) is 0 Å². The van der Waals surface area contributed by atoms with Gasteiger partial charge in [0.2, 0.25) is 0 Å². The third kappa shape index (κ3) is 5.66. The Morgan fingerprint density at radius 2 is 2.09 bits per heavy atom. The zero-order valence-electron chi connectivity index (χ0n) is 6.30. The van der Waals surface area contributed by atoms with Gasteiger partial charge in [0.05, 0.1) is 13.5 Å². The number of ether oxygens (including phenoxy) is 2. The van der Waals surface area contributed by atoms with Gasteiger partial charge < -0.3 is 9.47 Å². The molecule has 64 valence electrons. The van der Waals surface area contributed by atoms with Crippen molar-refractivity contribution in [1.82, 2.24) is 0 Å². The molecule has 0 aromatic carbocycles. The molecule has 0 saturated heterocycles. The van der Waals surface area contributed by atoms with Crippen LogP contribution in [0.3, 0.4) is 0 Å². The first-order valence-corrected chi connectivity index (χ1v) is 3.37. The summed E-state index contributed by atoms with van der Waals surface area (Å²) >= 11 is 4.89. The minimum Gasteiger partial charge on any atom is -0.469 e. The first kappa shape index (κ1) is 10.2. The van der Waals surface area contributed by atoms with Gasteiger partial charge in [0.25, 0.3) is 0 Å². The Kier molecular flexibility index (Phi) is 4.61. The molecule has 0 aromatic rings. The van der Waals surface area contributed by atoms with E-state index >= 15 is 0 Å². The van der Waals surface area contributed by atoms with Gasteiger partial charge >= 0.3 is 11.4 Å². The van der Waals surface area contributed by atoms with Gasteiger partial charge in [-0.15, -0.1) is 0 Å². The van der Waals surface area contributed by atoms with Crippen LogP contribution >= 0.6 is 11.6 Å². The van der Waals surface area contributed by atoms with Gasteiger partial charge in [-0.3, -0.25) is 4.79 Å². The molecule has 0 unspecified atom stereocenters. The van der Waals surface area contributed by atoms with E-state index in [9.17, 15) is 9.59 Å². The summed E-state index contributed by atoms with van der Waals surface area (Å²) in [5, 5.41) is 0. The van der Waals surface area contributed by atoms with Crippen LogP contribution in [0.15, 0.2) is 0 Å². The molecule has 0 amide bonds. The highest BCUT2D eigenvalue weighted by molar-refractivity contribution is 6.61. The van der Waals surface area contributed by atoms with Crippen molar-refractivity contribution in [2.24, 2.45) is 0 Å². The minimum absolute atomic E-state index is 0.0228. The number of rotatable bonds is 3. The lowest BCUT2D eigenvalue weighted by molar-refractivity contribution is -0.142. The predicted molar refractivity (Wildman–Crippen MR) is 38.4 cm³/mol. The fourth-order valence-corrected chi connectivity index (χ4v) is 0.670. The summed E-state index contributed by atoms with van der Waals surface area (Å²) in [5.41, 5.74) is -0.915. The molecule has 1 atom stereocenters. The Morgan fingerprint density at radius 3 is 2.45 bits per heavy atom. The average molecular weight is 181 g/mol. The van der Waals surface area contributed by atoms with Crippen molar-refractivity contribution in [2.75, 3.05) is 7.11 Å². The second kappa shape index (κ2) is 4.96. The van der Waals surface area contributed by atoms with Crippen molar-refractivity contribution in [3.63, 3.8) is 0 Å². The fraction of sp³-hybridized carbons (Fsp3) is 0.667. The quantitative estimate of drug-likeness (QED) is 0.486. The molecule has 5 heteroatoms. The topological polar surface area (TPSA) is 52.6 Å². The molecule has 0 aromatic heterocycles. The lowest BCUT2D eigenvalue weighted by atomic mass is 10.3. The molecule has 0 aliphatic rings. The van der Waals surface area contributed by atoms with Gasteiger partial charge in [-0.1, -0.05) is 0 Å². The van der Waals surface area contributed by atoms with Crippen LogP contribution in [0, 0.1) is 0 Å². The fourth-order valence-electron chi connectivity index (χ4n) is 0.518. The highest BCUT2D eigenvalue weighted by atomic mass is 35.5. The standard InChI is InChI=1S/C6H9ClO4/c1-4(11-6(7)9)3-5(8)10-2/h4H,3H2,1-2H3/t4-/m1/s1. The summed E-state index contributed by atoms with van der Waals surface area (Å²) in [5.74, 6) is -0.435. The summed E-state index contributed by atoms with van der Waals surface area (Å²) < 4.78 is 8.78. The first-order valence-electron chi connectivity index (χ1n) is 2.99. The smallest absolute Gasteiger partial charge is 0.404 e. The molecular weight excluding hydrogens is 172 g/mol. The summed E-state index contributed by atoms with van der Waals surface area (Å²) in [6.07, 6.45) is -0.512. The van der Waals surface area contributed by atoms with Crippen molar-refractivity contribution in [2.45, 2.75) is 19.4 Å². The van der Waals surface area contributed by atoms with Crippen molar-refractivity contribution in [3.05, 3.63) is 0 Å². The van der Waals surface area contributed by atoms with E-state index < -0.39 is 17.5 Å². The Bertz CT molecular complexity index is 157. The Hall–Kier alpha value is -0.770. The monoisotopic (exact) mass is 180 g/mol. The molecule has 0 aliphatic heterocycles. The molecule has 4 nitrogen and oxygen atoms in total. The van der Waals surface area contributed by atoms with E-state index in [0.29, 0.717) is 0 Å². The molecule has 0 bridgehead atoms. The van der Waals surface area contributed by atoms with E-state index in [2.05, 4.69) is 9.47 Å². The van der Waals surface area contributed by atoms with Gasteiger partial charge in [0.15, 0.2) is 0 Å². The number of hydrogen-bond donors (Lipinski definition) is 0. The van der Waals surface area contributed by atoms with E-state index in [1.165, 1.54) is 7.11 Å². The van der Waals surface area contributed by atoms with Gasteiger partial charge in [0.1, 0.15) is 6.10 Å². The third-order valence-electron chi connectivity index (χ3n) is 0.976. The SMILES string of the molecule is COC(=O)C[C@@H](C)OC(=O)Cl. The number of carbonyl (C=O) groups excluding carboxylic acids is 2. The average Bonchev–Trinajstić information content (AvgIpc) is 1.85. The summed E-state index contributed by atoms with van der Waals surface area (Å²) in [4.78, 5) is 20.7. The van der Waals surface area contributed by atoms with Crippen molar-refractivity contribution >= 4 is 23.0 Å². The van der Waals surface area contributed by atoms with Crippen LogP contribution in [0.1, 0.15) is 13.3 Å². The van der Waals surface area contributed by atoms with Crippen LogP contribution < -0.4 is 0 Å². The van der Waals surface area contributed by atoms with Gasteiger partial charge in [-0.25, -0.2) is 4.79 Å². The molecule has 0 radical (unpaired) electrons. The maximum absolute atomic E-state index is 10.5. The van der Waals surface area contributed by atoms with Crippen LogP contribution in [0.2, 0.25) is 0 Å². The normalized spacial score (nSPS) is 11.9. The van der Waals surface area contributed by atoms with Crippen molar-refractivity contribution in [3.8, 4) is 0 Å². The van der Waals surface area contributed by atoms with Crippen molar-refractivity contribution in [1.29, 1.82) is 0 Å². The first-order chi connectivity index (χ1) is 5.06. The zero-order valence-corrected chi connectivity index (χ0v) is 7.05. The molecular formula is C6H9ClO4. The number of carbonyl (C=O) groups is 2. The molecule has 0 aliphatic carbocycles. The number of hydrogen-bond acceptors (Lipinski definition) is 4. The second-order valence-corrected chi connectivity index (χ2v) is 2.25. The summed E-state index contributed by atoms with van der Waals surface area (Å²) in [6, 6.07) is 0. The molecule has 0 heterocycles. The lowest BCUT2D eigenvalue weighted by Crippen LogP contribution is -2.16.